The summed E-state index contributed by atoms with van der Waals surface area (Å²) in [4.78, 5) is 41.9. The van der Waals surface area contributed by atoms with E-state index in [9.17, 15) is 14.4 Å². The number of nitrogens with zero attached hydrogens (tertiary/aromatic N) is 1. The van der Waals surface area contributed by atoms with Gasteiger partial charge in [0.05, 0.1) is 18.8 Å². The van der Waals surface area contributed by atoms with Crippen LogP contribution < -0.4 is 5.32 Å². The number of quaternary nitrogens is 1. The summed E-state index contributed by atoms with van der Waals surface area (Å²) >= 11 is 0. The van der Waals surface area contributed by atoms with Gasteiger partial charge in [-0.15, -0.1) is 0 Å². The van der Waals surface area contributed by atoms with Crippen LogP contribution >= 0.6 is 0 Å². The fourth-order valence-corrected chi connectivity index (χ4v) is 7.24. The normalized spacial score (nSPS) is 19.2. The van der Waals surface area contributed by atoms with Crippen LogP contribution in [-0.4, -0.2) is 79.4 Å². The van der Waals surface area contributed by atoms with E-state index in [-0.39, 0.29) is 25.0 Å². The van der Waals surface area contributed by atoms with Crippen molar-refractivity contribution < 1.29 is 33.1 Å². The van der Waals surface area contributed by atoms with Gasteiger partial charge in [0.1, 0.15) is 25.4 Å². The van der Waals surface area contributed by atoms with Gasteiger partial charge in [-0.1, -0.05) is 103 Å². The zero-order valence-electron chi connectivity index (χ0n) is 30.3. The number of rotatable bonds is 27. The number of amides is 1. The molecule has 2 N–H and O–H groups in total. The van der Waals surface area contributed by atoms with Crippen molar-refractivity contribution in [3.63, 3.8) is 0 Å². The molecule has 4 unspecified atom stereocenters. The summed E-state index contributed by atoms with van der Waals surface area (Å²) in [5, 5.41) is 2.82. The predicted octanol–water partition coefficient (Wildman–Crippen LogP) is 8.58. The third kappa shape index (κ3) is 15.1. The minimum atomic E-state index is -0.648. The summed E-state index contributed by atoms with van der Waals surface area (Å²) in [5.41, 5.74) is 0.740. The highest BCUT2D eigenvalue weighted by Crippen LogP contribution is 2.38. The first-order valence-electron chi connectivity index (χ1n) is 19.0. The Kier molecular flexibility index (Phi) is 21.4. The highest BCUT2D eigenvalue weighted by Gasteiger charge is 2.51. The molecular weight excluding hydrogens is 594 g/mol. The number of Topliss-reactive ketones (excluding diaryl/α,β-unsaturated/α-hetero) is 1. The van der Waals surface area contributed by atoms with Crippen molar-refractivity contribution in [2.24, 2.45) is 0 Å². The summed E-state index contributed by atoms with van der Waals surface area (Å²) in [7, 11) is 1.51. The van der Waals surface area contributed by atoms with E-state index in [0.717, 1.165) is 44.3 Å². The molecule has 9 heteroatoms. The number of aromatic amines is 1. The van der Waals surface area contributed by atoms with Crippen LogP contribution in [0.25, 0.3) is 0 Å². The summed E-state index contributed by atoms with van der Waals surface area (Å²) in [6.07, 6.45) is 24.4. The Bertz CT molecular complexity index is 971. The van der Waals surface area contributed by atoms with Crippen molar-refractivity contribution in [3.8, 4) is 0 Å². The summed E-state index contributed by atoms with van der Waals surface area (Å²) in [5.74, 6) is -0.304. The molecular formula is C38H68N3O6+. The number of methoxy groups -OCH3 is 1. The van der Waals surface area contributed by atoms with Crippen LogP contribution in [0.15, 0.2) is 18.3 Å². The van der Waals surface area contributed by atoms with Crippen molar-refractivity contribution in [3.05, 3.63) is 24.0 Å². The molecule has 0 radical (unpaired) electrons. The molecule has 1 aromatic rings. The minimum Gasteiger partial charge on any atom is -0.458 e. The molecule has 1 aliphatic rings. The third-order valence-corrected chi connectivity index (χ3v) is 10.1. The van der Waals surface area contributed by atoms with E-state index < -0.39 is 24.2 Å². The second kappa shape index (κ2) is 24.7. The highest BCUT2D eigenvalue weighted by atomic mass is 16.6. The van der Waals surface area contributed by atoms with Gasteiger partial charge in [-0.2, -0.15) is 0 Å². The number of likely N-dealkylation sites (N-methyl/N-ethyl adjacent to an activating group) is 1. The number of hydrogen-bond donors (Lipinski definition) is 2. The Morgan fingerprint density at radius 2 is 1.43 bits per heavy atom. The van der Waals surface area contributed by atoms with E-state index in [1.54, 1.807) is 13.1 Å². The van der Waals surface area contributed by atoms with Crippen molar-refractivity contribution in [2.45, 2.75) is 161 Å². The lowest BCUT2D eigenvalue weighted by Crippen LogP contribution is -2.64. The lowest BCUT2D eigenvalue weighted by molar-refractivity contribution is -0.966. The van der Waals surface area contributed by atoms with Crippen LogP contribution in [0, 0.1) is 0 Å². The maximum absolute atomic E-state index is 13.7. The number of carbonyl (C=O) groups excluding carboxylic acids is 3. The molecule has 0 spiro atoms. The lowest BCUT2D eigenvalue weighted by Gasteiger charge is -2.49. The van der Waals surface area contributed by atoms with E-state index >= 15 is 0 Å². The number of ketones is 1. The first-order valence-corrected chi connectivity index (χ1v) is 19.0. The highest BCUT2D eigenvalue weighted by molar-refractivity contribution is 5.81. The molecule has 1 aromatic heterocycles. The molecule has 1 amide bonds. The van der Waals surface area contributed by atoms with Crippen molar-refractivity contribution in [1.29, 1.82) is 0 Å². The van der Waals surface area contributed by atoms with Gasteiger partial charge < -0.3 is 24.5 Å². The minimum absolute atomic E-state index is 0.0222. The first-order chi connectivity index (χ1) is 22.9. The van der Waals surface area contributed by atoms with Crippen LogP contribution in [0.2, 0.25) is 0 Å². The molecule has 2 heterocycles. The molecule has 47 heavy (non-hydrogen) atoms. The van der Waals surface area contributed by atoms with Crippen molar-refractivity contribution in [2.75, 3.05) is 40.0 Å². The molecule has 1 fully saturated rings. The fourth-order valence-electron chi connectivity index (χ4n) is 7.24. The number of alkyl carbamates (subject to hydrolysis) is 1. The van der Waals surface area contributed by atoms with Crippen LogP contribution in [-0.2, 0) is 23.8 Å². The van der Waals surface area contributed by atoms with E-state index in [1.165, 1.54) is 97.0 Å². The summed E-state index contributed by atoms with van der Waals surface area (Å²) in [6.45, 7) is 7.81. The Hall–Kier alpha value is -2.39. The molecule has 270 valence electrons. The molecule has 1 saturated heterocycles. The van der Waals surface area contributed by atoms with Gasteiger partial charge in [-0.3, -0.25) is 9.28 Å². The first kappa shape index (κ1) is 40.8. The number of carbonyl (C=O) groups is 3. The van der Waals surface area contributed by atoms with Gasteiger partial charge in [0.25, 0.3) is 0 Å². The maximum atomic E-state index is 13.7. The van der Waals surface area contributed by atoms with Gasteiger partial charge >= 0.3 is 12.1 Å². The predicted molar refractivity (Wildman–Crippen MR) is 188 cm³/mol. The number of esters is 1. The quantitative estimate of drug-likeness (QED) is 0.0555. The fraction of sp³-hybridized carbons (Fsp3) is 0.816. The number of aromatic nitrogens is 1. The molecule has 4 atom stereocenters. The molecule has 0 aliphatic carbocycles. The number of nitrogens with one attached hydrogen (secondary N) is 2. The molecule has 0 aromatic carbocycles. The number of piperidine rings is 1. The van der Waals surface area contributed by atoms with Crippen molar-refractivity contribution in [1.82, 2.24) is 10.3 Å². The van der Waals surface area contributed by atoms with Gasteiger partial charge in [0.2, 0.25) is 6.04 Å². The van der Waals surface area contributed by atoms with E-state index in [1.807, 2.05) is 19.1 Å². The SMILES string of the molecule is CCCCCCCCCCCCCCCCCCNC(=O)OCC(COC(=O)C(c1ccc[nH]1)[N+]1(CC)CCCCC1C(C)=O)OC. The van der Waals surface area contributed by atoms with E-state index in [4.69, 9.17) is 14.2 Å². The van der Waals surface area contributed by atoms with Gasteiger partial charge in [-0.05, 0) is 38.3 Å². The third-order valence-electron chi connectivity index (χ3n) is 10.1. The second-order valence-electron chi connectivity index (χ2n) is 13.6. The van der Waals surface area contributed by atoms with Gasteiger partial charge in [-0.25, -0.2) is 9.59 Å². The number of hydrogen-bond acceptors (Lipinski definition) is 6. The van der Waals surface area contributed by atoms with Crippen LogP contribution in [0.5, 0.6) is 0 Å². The van der Waals surface area contributed by atoms with Gasteiger partial charge in [0, 0.05) is 33.2 Å². The monoisotopic (exact) mass is 663 g/mol. The summed E-state index contributed by atoms with van der Waals surface area (Å²) in [6, 6.07) is 2.84. The number of likely N-dealkylation sites (tertiary alicyclic amines) is 1. The van der Waals surface area contributed by atoms with Gasteiger partial charge in [0.15, 0.2) is 5.78 Å². The average Bonchev–Trinajstić information content (AvgIpc) is 3.60. The lowest BCUT2D eigenvalue weighted by atomic mass is 9.91. The maximum Gasteiger partial charge on any atom is 0.407 e. The Morgan fingerprint density at radius 3 is 1.94 bits per heavy atom. The average molecular weight is 663 g/mol. The standard InChI is InChI=1S/C38H67N3O6/c1-5-7-8-9-10-11-12-13-14-15-16-17-18-19-20-22-27-40-38(44)47-31-33(45-4)30-46-37(43)36(34-25-24-28-39-34)41(6-2)29-23-21-26-35(41)32(3)42/h24-25,28,33,35-36,39H,5-23,26-27,29-31H2,1-4H3/p+1. The van der Waals surface area contributed by atoms with E-state index in [0.29, 0.717) is 17.6 Å². The molecule has 9 nitrogen and oxygen atoms in total. The van der Waals surface area contributed by atoms with Crippen LogP contribution in [0.1, 0.15) is 155 Å². The van der Waals surface area contributed by atoms with Crippen molar-refractivity contribution >= 4 is 17.8 Å². The number of unbranched alkanes of at least 4 members (excludes halogenated alkanes) is 15. The summed E-state index contributed by atoms with van der Waals surface area (Å²) < 4.78 is 17.0. The van der Waals surface area contributed by atoms with Crippen LogP contribution in [0.3, 0.4) is 0 Å². The number of H-pyrrole nitrogens is 1. The van der Waals surface area contributed by atoms with E-state index in [2.05, 4.69) is 17.2 Å². The molecule has 0 saturated carbocycles. The zero-order valence-corrected chi connectivity index (χ0v) is 30.3. The Labute approximate surface area is 285 Å². The molecule has 1 aliphatic heterocycles. The Balaban J connectivity index is 1.60. The topological polar surface area (TPSA) is 107 Å². The smallest absolute Gasteiger partial charge is 0.407 e. The zero-order chi connectivity index (χ0) is 34.2. The number of ether oxygens (including phenoxy) is 3. The second-order valence-corrected chi connectivity index (χ2v) is 13.6. The van der Waals surface area contributed by atoms with Crippen LogP contribution in [0.4, 0.5) is 4.79 Å². The molecule has 2 rings (SSSR count). The largest absolute Gasteiger partial charge is 0.458 e. The molecule has 0 bridgehead atoms. The Morgan fingerprint density at radius 1 is 0.851 bits per heavy atom.